The SMILES string of the molecule is COCCCOc1ccc(C(=O)NC2CCC(C(=O)O)CC2)cc1. The van der Waals surface area contributed by atoms with Gasteiger partial charge in [-0.2, -0.15) is 0 Å². The molecule has 1 aliphatic carbocycles. The standard InChI is InChI=1S/C18H25NO5/c1-23-11-2-12-24-16-9-5-13(6-10-16)17(20)19-15-7-3-14(4-8-15)18(21)22/h5-6,9-10,14-15H,2-4,7-8,11-12H2,1H3,(H,19,20)(H,21,22). The van der Waals surface area contributed by atoms with E-state index in [1.165, 1.54) is 0 Å². The molecular formula is C18H25NO5. The molecule has 2 N–H and O–H groups in total. The van der Waals surface area contributed by atoms with E-state index < -0.39 is 5.97 Å². The maximum atomic E-state index is 12.3. The van der Waals surface area contributed by atoms with Crippen LogP contribution in [0.1, 0.15) is 42.5 Å². The summed E-state index contributed by atoms with van der Waals surface area (Å²) >= 11 is 0. The highest BCUT2D eigenvalue weighted by molar-refractivity contribution is 5.94. The van der Waals surface area contributed by atoms with Crippen LogP contribution >= 0.6 is 0 Å². The minimum absolute atomic E-state index is 0.0538. The molecule has 0 bridgehead atoms. The first-order chi connectivity index (χ1) is 11.6. The van der Waals surface area contributed by atoms with Crippen molar-refractivity contribution < 1.29 is 24.2 Å². The van der Waals surface area contributed by atoms with Gasteiger partial charge in [-0.3, -0.25) is 9.59 Å². The number of carboxylic acid groups (broad SMARTS) is 1. The summed E-state index contributed by atoms with van der Waals surface area (Å²) in [6, 6.07) is 7.10. The normalized spacial score (nSPS) is 20.4. The van der Waals surface area contributed by atoms with E-state index in [0.717, 1.165) is 12.2 Å². The molecule has 1 amide bonds. The highest BCUT2D eigenvalue weighted by Crippen LogP contribution is 2.24. The Balaban J connectivity index is 1.77. The first kappa shape index (κ1) is 18.3. The van der Waals surface area contributed by atoms with Gasteiger partial charge in [0, 0.05) is 31.7 Å². The number of carboxylic acids is 1. The molecule has 1 aromatic carbocycles. The fraction of sp³-hybridized carbons (Fsp3) is 0.556. The van der Waals surface area contributed by atoms with Gasteiger partial charge in [0.25, 0.3) is 5.91 Å². The highest BCUT2D eigenvalue weighted by atomic mass is 16.5. The van der Waals surface area contributed by atoms with E-state index in [2.05, 4.69) is 5.32 Å². The molecule has 0 atom stereocenters. The van der Waals surface area contributed by atoms with Crippen molar-refractivity contribution >= 4 is 11.9 Å². The number of amides is 1. The molecule has 0 heterocycles. The Morgan fingerprint density at radius 2 is 1.79 bits per heavy atom. The minimum atomic E-state index is -0.735. The van der Waals surface area contributed by atoms with Gasteiger partial charge in [0.15, 0.2) is 0 Å². The van der Waals surface area contributed by atoms with Crippen LogP contribution in [0.25, 0.3) is 0 Å². The smallest absolute Gasteiger partial charge is 0.306 e. The van der Waals surface area contributed by atoms with Gasteiger partial charge >= 0.3 is 5.97 Å². The molecule has 0 saturated heterocycles. The van der Waals surface area contributed by atoms with Gasteiger partial charge < -0.3 is 19.9 Å². The second kappa shape index (κ2) is 9.27. The molecule has 0 unspecified atom stereocenters. The number of hydrogen-bond donors (Lipinski definition) is 2. The number of carbonyl (C=O) groups excluding carboxylic acids is 1. The lowest BCUT2D eigenvalue weighted by Crippen LogP contribution is -2.38. The van der Waals surface area contributed by atoms with Crippen LogP contribution in [0.2, 0.25) is 0 Å². The van der Waals surface area contributed by atoms with Crippen LogP contribution in [0.3, 0.4) is 0 Å². The van der Waals surface area contributed by atoms with Gasteiger partial charge in [-0.15, -0.1) is 0 Å². The minimum Gasteiger partial charge on any atom is -0.494 e. The molecular weight excluding hydrogens is 310 g/mol. The second-order valence-corrected chi connectivity index (χ2v) is 6.08. The molecule has 0 aliphatic heterocycles. The van der Waals surface area contributed by atoms with E-state index >= 15 is 0 Å². The van der Waals surface area contributed by atoms with Crippen molar-refractivity contribution in [2.45, 2.75) is 38.1 Å². The van der Waals surface area contributed by atoms with Crippen molar-refractivity contribution in [3.05, 3.63) is 29.8 Å². The molecule has 1 fully saturated rings. The van der Waals surface area contributed by atoms with Crippen LogP contribution in [0.15, 0.2) is 24.3 Å². The maximum Gasteiger partial charge on any atom is 0.306 e. The molecule has 0 spiro atoms. The summed E-state index contributed by atoms with van der Waals surface area (Å²) in [6.07, 6.45) is 3.48. The topological polar surface area (TPSA) is 84.9 Å². The predicted molar refractivity (Wildman–Crippen MR) is 89.3 cm³/mol. The number of hydrogen-bond acceptors (Lipinski definition) is 4. The Bertz CT molecular complexity index is 535. The van der Waals surface area contributed by atoms with Crippen LogP contribution < -0.4 is 10.1 Å². The number of nitrogens with one attached hydrogen (secondary N) is 1. The summed E-state index contributed by atoms with van der Waals surface area (Å²) in [5.74, 6) is -0.405. The second-order valence-electron chi connectivity index (χ2n) is 6.08. The summed E-state index contributed by atoms with van der Waals surface area (Å²) in [6.45, 7) is 1.23. The van der Waals surface area contributed by atoms with E-state index in [9.17, 15) is 9.59 Å². The molecule has 1 aromatic rings. The molecule has 24 heavy (non-hydrogen) atoms. The molecule has 1 saturated carbocycles. The number of methoxy groups -OCH3 is 1. The lowest BCUT2D eigenvalue weighted by Gasteiger charge is -2.26. The highest BCUT2D eigenvalue weighted by Gasteiger charge is 2.26. The molecule has 6 heteroatoms. The summed E-state index contributed by atoms with van der Waals surface area (Å²) in [5.41, 5.74) is 0.583. The van der Waals surface area contributed by atoms with Gasteiger partial charge in [-0.25, -0.2) is 0 Å². The van der Waals surface area contributed by atoms with E-state index in [0.29, 0.717) is 44.5 Å². The predicted octanol–water partition coefficient (Wildman–Crippen LogP) is 2.48. The number of ether oxygens (including phenoxy) is 2. The van der Waals surface area contributed by atoms with Crippen LogP contribution in [-0.2, 0) is 9.53 Å². The van der Waals surface area contributed by atoms with Crippen molar-refractivity contribution in [2.24, 2.45) is 5.92 Å². The number of aliphatic carboxylic acids is 1. The van der Waals surface area contributed by atoms with Crippen LogP contribution in [0.5, 0.6) is 5.75 Å². The van der Waals surface area contributed by atoms with Crippen molar-refractivity contribution in [1.29, 1.82) is 0 Å². The zero-order valence-corrected chi connectivity index (χ0v) is 14.0. The third-order valence-electron chi connectivity index (χ3n) is 4.29. The summed E-state index contributed by atoms with van der Waals surface area (Å²) < 4.78 is 10.5. The monoisotopic (exact) mass is 335 g/mol. The average Bonchev–Trinajstić information content (AvgIpc) is 2.59. The lowest BCUT2D eigenvalue weighted by atomic mass is 9.86. The van der Waals surface area contributed by atoms with Gasteiger partial charge in [0.1, 0.15) is 5.75 Å². The Hall–Kier alpha value is -2.08. The summed E-state index contributed by atoms with van der Waals surface area (Å²) in [5, 5.41) is 12.0. The fourth-order valence-corrected chi connectivity index (χ4v) is 2.85. The fourth-order valence-electron chi connectivity index (χ4n) is 2.85. The first-order valence-electron chi connectivity index (χ1n) is 8.35. The number of rotatable bonds is 8. The molecule has 1 aliphatic rings. The average molecular weight is 335 g/mol. The summed E-state index contributed by atoms with van der Waals surface area (Å²) in [4.78, 5) is 23.2. The zero-order chi connectivity index (χ0) is 17.4. The van der Waals surface area contributed by atoms with Gasteiger partial charge in [0.05, 0.1) is 12.5 Å². The lowest BCUT2D eigenvalue weighted by molar-refractivity contribution is -0.142. The number of carbonyl (C=O) groups is 2. The van der Waals surface area contributed by atoms with Gasteiger partial charge in [0.2, 0.25) is 0 Å². The van der Waals surface area contributed by atoms with E-state index in [1.807, 2.05) is 0 Å². The Morgan fingerprint density at radius 1 is 1.12 bits per heavy atom. The summed E-state index contributed by atoms with van der Waals surface area (Å²) in [7, 11) is 1.65. The van der Waals surface area contributed by atoms with Crippen LogP contribution in [0.4, 0.5) is 0 Å². The Kier molecular flexibility index (Phi) is 7.06. The molecule has 6 nitrogen and oxygen atoms in total. The van der Waals surface area contributed by atoms with E-state index in [4.69, 9.17) is 14.6 Å². The number of benzene rings is 1. The Labute approximate surface area is 142 Å². The maximum absolute atomic E-state index is 12.3. The van der Waals surface area contributed by atoms with Crippen LogP contribution in [-0.4, -0.2) is 43.3 Å². The third kappa shape index (κ3) is 5.53. The van der Waals surface area contributed by atoms with Crippen molar-refractivity contribution in [2.75, 3.05) is 20.3 Å². The quantitative estimate of drug-likeness (QED) is 0.713. The van der Waals surface area contributed by atoms with Crippen LogP contribution in [0, 0.1) is 5.92 Å². The Morgan fingerprint density at radius 3 is 2.38 bits per heavy atom. The zero-order valence-electron chi connectivity index (χ0n) is 14.0. The van der Waals surface area contributed by atoms with Crippen molar-refractivity contribution in [1.82, 2.24) is 5.32 Å². The first-order valence-corrected chi connectivity index (χ1v) is 8.35. The van der Waals surface area contributed by atoms with Gasteiger partial charge in [-0.1, -0.05) is 0 Å². The molecule has 2 rings (SSSR count). The molecule has 0 aromatic heterocycles. The van der Waals surface area contributed by atoms with Gasteiger partial charge in [-0.05, 0) is 49.9 Å². The van der Waals surface area contributed by atoms with Crippen molar-refractivity contribution in [3.63, 3.8) is 0 Å². The molecule has 132 valence electrons. The third-order valence-corrected chi connectivity index (χ3v) is 4.29. The van der Waals surface area contributed by atoms with E-state index in [-0.39, 0.29) is 17.9 Å². The van der Waals surface area contributed by atoms with E-state index in [1.54, 1.807) is 31.4 Å². The largest absolute Gasteiger partial charge is 0.494 e. The molecule has 0 radical (unpaired) electrons. The van der Waals surface area contributed by atoms with Crippen molar-refractivity contribution in [3.8, 4) is 5.75 Å².